The average molecular weight is 374 g/mol. The van der Waals surface area contributed by atoms with E-state index in [4.69, 9.17) is 16.3 Å². The summed E-state index contributed by atoms with van der Waals surface area (Å²) in [5.74, 6) is -0.345. The van der Waals surface area contributed by atoms with Crippen molar-refractivity contribution in [1.82, 2.24) is 5.43 Å². The molecule has 7 heteroatoms. The lowest BCUT2D eigenvalue weighted by atomic mass is 10.2. The first kappa shape index (κ1) is 19.5. The van der Waals surface area contributed by atoms with Gasteiger partial charge in [-0.1, -0.05) is 29.8 Å². The van der Waals surface area contributed by atoms with Gasteiger partial charge in [0, 0.05) is 16.3 Å². The van der Waals surface area contributed by atoms with Gasteiger partial charge < -0.3 is 10.1 Å². The Hall–Kier alpha value is -2.86. The molecule has 0 atom stereocenters. The number of carbonyl (C=O) groups is 2. The molecule has 2 aromatic carbocycles. The Morgan fingerprint density at radius 3 is 2.58 bits per heavy atom. The van der Waals surface area contributed by atoms with Crippen LogP contribution in [0.4, 0.5) is 5.69 Å². The molecule has 136 valence electrons. The molecule has 0 heterocycles. The predicted octanol–water partition coefficient (Wildman–Crippen LogP) is 3.61. The van der Waals surface area contributed by atoms with Gasteiger partial charge >= 0.3 is 0 Å². The predicted molar refractivity (Wildman–Crippen MR) is 103 cm³/mol. The number of halogens is 1. The van der Waals surface area contributed by atoms with Gasteiger partial charge in [0.2, 0.25) is 11.8 Å². The third-order valence-electron chi connectivity index (χ3n) is 3.11. The number of para-hydroxylation sites is 1. The second-order valence-corrected chi connectivity index (χ2v) is 6.17. The molecule has 0 radical (unpaired) electrons. The lowest BCUT2D eigenvalue weighted by Crippen LogP contribution is -2.24. The fraction of sp³-hybridized carbons (Fsp3) is 0.211. The highest BCUT2D eigenvalue weighted by Gasteiger charge is 2.09. The highest BCUT2D eigenvalue weighted by Crippen LogP contribution is 2.22. The van der Waals surface area contributed by atoms with Gasteiger partial charge in [-0.25, -0.2) is 5.43 Å². The zero-order valence-corrected chi connectivity index (χ0v) is 15.3. The fourth-order valence-electron chi connectivity index (χ4n) is 2.07. The molecule has 2 amide bonds. The van der Waals surface area contributed by atoms with Gasteiger partial charge in [0.1, 0.15) is 12.2 Å². The van der Waals surface area contributed by atoms with Gasteiger partial charge in [-0.3, -0.25) is 9.59 Å². The molecule has 2 aromatic rings. The van der Waals surface area contributed by atoms with E-state index in [0.29, 0.717) is 22.0 Å². The molecule has 2 N–H and O–H groups in total. The molecule has 0 saturated heterocycles. The van der Waals surface area contributed by atoms with Gasteiger partial charge in [-0.15, -0.1) is 0 Å². The van der Waals surface area contributed by atoms with E-state index in [0.717, 1.165) is 0 Å². The summed E-state index contributed by atoms with van der Waals surface area (Å²) in [6.07, 6.45) is 1.08. The van der Waals surface area contributed by atoms with Crippen LogP contribution in [0.15, 0.2) is 53.6 Å². The molecule has 0 aliphatic carbocycles. The highest BCUT2D eigenvalue weighted by atomic mass is 35.5. The van der Waals surface area contributed by atoms with Gasteiger partial charge in [0.05, 0.1) is 12.3 Å². The summed E-state index contributed by atoms with van der Waals surface area (Å²) >= 11 is 5.98. The summed E-state index contributed by atoms with van der Waals surface area (Å²) in [4.78, 5) is 23.6. The summed E-state index contributed by atoms with van der Waals surface area (Å²) < 4.78 is 5.66. The van der Waals surface area contributed by atoms with Crippen molar-refractivity contribution in [2.45, 2.75) is 26.4 Å². The molecule has 0 aliphatic rings. The quantitative estimate of drug-likeness (QED) is 0.442. The molecule has 0 aliphatic heterocycles. The molecule has 0 bridgehead atoms. The Labute approximate surface area is 157 Å². The second-order valence-electron chi connectivity index (χ2n) is 5.73. The minimum Gasteiger partial charge on any atom is -0.490 e. The van der Waals surface area contributed by atoms with E-state index in [1.54, 1.807) is 42.5 Å². The molecule has 0 aromatic heterocycles. The Balaban J connectivity index is 1.90. The number of hydrogen-bond donors (Lipinski definition) is 2. The third-order valence-corrected chi connectivity index (χ3v) is 3.34. The van der Waals surface area contributed by atoms with Gasteiger partial charge in [-0.05, 0) is 44.2 Å². The summed E-state index contributed by atoms with van der Waals surface area (Å²) in [5, 5.41) is 7.02. The summed E-state index contributed by atoms with van der Waals surface area (Å²) in [7, 11) is 0. The van der Waals surface area contributed by atoms with E-state index in [-0.39, 0.29) is 12.5 Å². The molecule has 0 unspecified atom stereocenters. The molecular weight excluding hydrogens is 354 g/mol. The van der Waals surface area contributed by atoms with Crippen LogP contribution >= 0.6 is 11.6 Å². The monoisotopic (exact) mass is 373 g/mol. The van der Waals surface area contributed by atoms with Crippen molar-refractivity contribution in [2.24, 2.45) is 5.10 Å². The molecule has 2 rings (SSSR count). The number of nitrogens with one attached hydrogen (secondary N) is 2. The number of carbonyl (C=O) groups excluding carboxylic acids is 2. The van der Waals surface area contributed by atoms with Crippen LogP contribution in [0.2, 0.25) is 5.02 Å². The van der Waals surface area contributed by atoms with E-state index < -0.39 is 11.8 Å². The number of amides is 2. The van der Waals surface area contributed by atoms with Crippen LogP contribution in [0.25, 0.3) is 0 Å². The maximum Gasteiger partial charge on any atom is 0.249 e. The van der Waals surface area contributed by atoms with Crippen LogP contribution in [-0.2, 0) is 9.59 Å². The Bertz CT molecular complexity index is 792. The first-order valence-electron chi connectivity index (χ1n) is 8.07. The minimum atomic E-state index is -0.525. The number of hydrogen-bond acceptors (Lipinski definition) is 4. The Morgan fingerprint density at radius 1 is 1.15 bits per heavy atom. The molecule has 26 heavy (non-hydrogen) atoms. The average Bonchev–Trinajstić information content (AvgIpc) is 2.57. The largest absolute Gasteiger partial charge is 0.490 e. The first-order valence-corrected chi connectivity index (χ1v) is 8.45. The number of nitrogens with zero attached hydrogens (tertiary/aromatic N) is 1. The van der Waals surface area contributed by atoms with Crippen molar-refractivity contribution in [3.63, 3.8) is 0 Å². The van der Waals surface area contributed by atoms with E-state index in [1.165, 1.54) is 6.21 Å². The highest BCUT2D eigenvalue weighted by molar-refractivity contribution is 6.30. The zero-order chi connectivity index (χ0) is 18.9. The van der Waals surface area contributed by atoms with E-state index in [9.17, 15) is 9.59 Å². The summed E-state index contributed by atoms with van der Waals surface area (Å²) in [5.41, 5.74) is 3.57. The lowest BCUT2D eigenvalue weighted by Gasteiger charge is -2.12. The summed E-state index contributed by atoms with van der Waals surface area (Å²) in [6.45, 7) is 3.81. The van der Waals surface area contributed by atoms with Gasteiger partial charge in [-0.2, -0.15) is 5.10 Å². The molecular formula is C19H20ClN3O3. The lowest BCUT2D eigenvalue weighted by molar-refractivity contribution is -0.126. The second kappa shape index (κ2) is 9.58. The SMILES string of the molecule is CC(C)Oc1ccc(Cl)cc1C=NNC(=O)CC(=O)Nc1ccccc1. The number of hydrazone groups is 1. The van der Waals surface area contributed by atoms with E-state index in [2.05, 4.69) is 15.8 Å². The topological polar surface area (TPSA) is 79.8 Å². The smallest absolute Gasteiger partial charge is 0.249 e. The number of ether oxygens (including phenoxy) is 1. The first-order chi connectivity index (χ1) is 12.4. The van der Waals surface area contributed by atoms with Crippen molar-refractivity contribution in [3.05, 3.63) is 59.1 Å². The molecule has 0 fully saturated rings. The van der Waals surface area contributed by atoms with Crippen LogP contribution in [0, 0.1) is 0 Å². The Morgan fingerprint density at radius 2 is 1.88 bits per heavy atom. The van der Waals surface area contributed by atoms with Gasteiger partial charge in [0.25, 0.3) is 0 Å². The molecule has 0 spiro atoms. The third kappa shape index (κ3) is 6.57. The molecule has 0 saturated carbocycles. The van der Waals surface area contributed by atoms with Crippen molar-refractivity contribution in [2.75, 3.05) is 5.32 Å². The number of benzene rings is 2. The van der Waals surface area contributed by atoms with E-state index >= 15 is 0 Å². The summed E-state index contributed by atoms with van der Waals surface area (Å²) in [6, 6.07) is 14.0. The zero-order valence-electron chi connectivity index (χ0n) is 14.5. The van der Waals surface area contributed by atoms with E-state index in [1.807, 2.05) is 19.9 Å². The standard InChI is InChI=1S/C19H20ClN3O3/c1-13(2)26-17-9-8-15(20)10-14(17)12-21-23-19(25)11-18(24)22-16-6-4-3-5-7-16/h3-10,12-13H,11H2,1-2H3,(H,22,24)(H,23,25). The van der Waals surface area contributed by atoms with Crippen molar-refractivity contribution in [1.29, 1.82) is 0 Å². The minimum absolute atomic E-state index is 0.0143. The Kier molecular flexibility index (Phi) is 7.17. The number of anilines is 1. The number of rotatable bonds is 7. The fourth-order valence-corrected chi connectivity index (χ4v) is 2.25. The molecule has 6 nitrogen and oxygen atoms in total. The maximum absolute atomic E-state index is 11.8. The van der Waals surface area contributed by atoms with Crippen LogP contribution < -0.4 is 15.5 Å². The van der Waals surface area contributed by atoms with Gasteiger partial charge in [0.15, 0.2) is 0 Å². The van der Waals surface area contributed by atoms with Crippen LogP contribution in [0.5, 0.6) is 5.75 Å². The van der Waals surface area contributed by atoms with Crippen LogP contribution in [0.1, 0.15) is 25.8 Å². The van der Waals surface area contributed by atoms with Crippen molar-refractivity contribution < 1.29 is 14.3 Å². The van der Waals surface area contributed by atoms with Crippen LogP contribution in [-0.4, -0.2) is 24.1 Å². The normalized spacial score (nSPS) is 10.8. The van der Waals surface area contributed by atoms with Crippen molar-refractivity contribution in [3.8, 4) is 5.75 Å². The maximum atomic E-state index is 11.8. The van der Waals surface area contributed by atoms with Crippen molar-refractivity contribution >= 4 is 35.3 Å². The van der Waals surface area contributed by atoms with Crippen LogP contribution in [0.3, 0.4) is 0 Å².